The molecule has 3 aromatic carbocycles. The van der Waals surface area contributed by atoms with Crippen LogP contribution in [0.25, 0.3) is 0 Å². The predicted octanol–water partition coefficient (Wildman–Crippen LogP) is 7.92. The molecule has 0 amide bonds. The molecular weight excluding hydrogens is 632 g/mol. The van der Waals surface area contributed by atoms with Gasteiger partial charge in [-0.3, -0.25) is 4.79 Å². The zero-order chi connectivity index (χ0) is 32.2. The molecule has 0 radical (unpaired) electrons. The highest BCUT2D eigenvalue weighted by molar-refractivity contribution is 7.99. The Bertz CT molecular complexity index is 1510. The molecule has 0 aromatic heterocycles. The third-order valence-corrected chi connectivity index (χ3v) is 9.55. The van der Waals surface area contributed by atoms with Crippen LogP contribution in [0, 0.1) is 0 Å². The van der Waals surface area contributed by atoms with Gasteiger partial charge in [-0.2, -0.15) is 0 Å². The predicted molar refractivity (Wildman–Crippen MR) is 179 cm³/mol. The molecule has 0 saturated heterocycles. The van der Waals surface area contributed by atoms with E-state index >= 15 is 0 Å². The van der Waals surface area contributed by atoms with Crippen LogP contribution < -0.4 is 9.47 Å². The van der Waals surface area contributed by atoms with E-state index in [1.165, 1.54) is 29.5 Å². The summed E-state index contributed by atoms with van der Waals surface area (Å²) >= 11 is 12.4. The first-order valence-corrected chi connectivity index (χ1v) is 17.0. The number of carbonyl (C=O) groups is 3. The number of esters is 2. The van der Waals surface area contributed by atoms with Crippen molar-refractivity contribution in [1.29, 1.82) is 0 Å². The van der Waals surface area contributed by atoms with Gasteiger partial charge in [0, 0.05) is 20.2 Å². The number of thiol groups is 1. The maximum Gasteiger partial charge on any atom is 0.344 e. The first-order valence-electron chi connectivity index (χ1n) is 15.3. The summed E-state index contributed by atoms with van der Waals surface area (Å²) in [7, 11) is 0. The smallest absolute Gasteiger partial charge is 0.344 e. The Labute approximate surface area is 279 Å². The third-order valence-electron chi connectivity index (χ3n) is 7.53. The van der Waals surface area contributed by atoms with Crippen LogP contribution in [0.4, 0.5) is 0 Å². The van der Waals surface area contributed by atoms with Gasteiger partial charge in [-0.1, -0.05) is 29.4 Å². The monoisotopic (exact) mass is 670 g/mol. The van der Waals surface area contributed by atoms with Crippen LogP contribution in [0.1, 0.15) is 72.1 Å². The number of carbonyl (C=O) groups excluding carboxylic acids is 3. The van der Waals surface area contributed by atoms with Crippen LogP contribution in [0.2, 0.25) is 5.02 Å². The molecular formula is C35H39ClO7S2. The van der Waals surface area contributed by atoms with Crippen molar-refractivity contribution in [2.24, 2.45) is 0 Å². The Balaban J connectivity index is 0.000000222. The minimum atomic E-state index is -0.359. The molecule has 240 valence electrons. The number of rotatable bonds is 11. The quantitative estimate of drug-likeness (QED) is 0.125. The van der Waals surface area contributed by atoms with Gasteiger partial charge in [-0.05, 0) is 124 Å². The molecule has 0 saturated carbocycles. The summed E-state index contributed by atoms with van der Waals surface area (Å²) in [6, 6.07) is 13.1. The van der Waals surface area contributed by atoms with Gasteiger partial charge in [-0.15, -0.1) is 12.6 Å². The van der Waals surface area contributed by atoms with Crippen molar-refractivity contribution in [3.05, 3.63) is 75.3 Å². The van der Waals surface area contributed by atoms with Crippen LogP contribution >= 0.6 is 36.0 Å². The van der Waals surface area contributed by atoms with Crippen LogP contribution in [-0.4, -0.2) is 44.7 Å². The largest absolute Gasteiger partial charge is 0.482 e. The van der Waals surface area contributed by atoms with Gasteiger partial charge in [0.2, 0.25) is 0 Å². The van der Waals surface area contributed by atoms with Gasteiger partial charge < -0.3 is 18.9 Å². The molecule has 0 bridgehead atoms. The standard InChI is InChI=1S/C21H21ClO4S.C14H18O3S/c1-2-25-21(24)13-26-18-8-10-19(16-6-4-3-5-15(16)18)27-20-9-7-14(12-23)11-17(20)22;1-2-16-14(15)9-17-12-7-8-13(18)11-6-4-3-5-10(11)12/h7-12H,2-6,13H2,1H3;7-8,18H,2-6,9H2,1H3. The van der Waals surface area contributed by atoms with Gasteiger partial charge in [0.05, 0.1) is 18.2 Å². The topological polar surface area (TPSA) is 88.1 Å². The Kier molecular flexibility index (Phi) is 13.5. The molecule has 0 atom stereocenters. The van der Waals surface area contributed by atoms with E-state index in [4.69, 9.17) is 30.5 Å². The van der Waals surface area contributed by atoms with E-state index in [9.17, 15) is 14.4 Å². The maximum atomic E-state index is 11.6. The Morgan fingerprint density at radius 1 is 0.756 bits per heavy atom. The summed E-state index contributed by atoms with van der Waals surface area (Å²) in [5.41, 5.74) is 5.46. The zero-order valence-electron chi connectivity index (χ0n) is 25.7. The highest BCUT2D eigenvalue weighted by Gasteiger charge is 2.20. The van der Waals surface area contributed by atoms with E-state index in [1.807, 2.05) is 30.3 Å². The maximum absolute atomic E-state index is 11.6. The zero-order valence-corrected chi connectivity index (χ0v) is 28.2. The first kappa shape index (κ1) is 34.7. The minimum absolute atomic E-state index is 0.0216. The van der Waals surface area contributed by atoms with Crippen molar-refractivity contribution in [3.8, 4) is 11.5 Å². The van der Waals surface area contributed by atoms with Crippen molar-refractivity contribution >= 4 is 54.2 Å². The molecule has 7 nitrogen and oxygen atoms in total. The number of halogens is 1. The molecule has 5 rings (SSSR count). The van der Waals surface area contributed by atoms with E-state index in [0.717, 1.165) is 76.6 Å². The Hall–Kier alpha value is -3.14. The highest BCUT2D eigenvalue weighted by Crippen LogP contribution is 2.41. The molecule has 0 spiro atoms. The lowest BCUT2D eigenvalue weighted by Gasteiger charge is -2.22. The number of aldehydes is 1. The average molecular weight is 671 g/mol. The second-order valence-electron chi connectivity index (χ2n) is 10.6. The normalized spacial score (nSPS) is 13.3. The third kappa shape index (κ3) is 9.67. The van der Waals surface area contributed by atoms with Crippen LogP contribution in [0.15, 0.2) is 57.2 Å². The molecule has 0 unspecified atom stereocenters. The molecule has 0 N–H and O–H groups in total. The summed E-state index contributed by atoms with van der Waals surface area (Å²) in [5.74, 6) is 0.875. The first-order chi connectivity index (χ1) is 21.8. The number of ether oxygens (including phenoxy) is 4. The minimum Gasteiger partial charge on any atom is -0.482 e. The van der Waals surface area contributed by atoms with Gasteiger partial charge in [-0.25, -0.2) is 9.59 Å². The molecule has 0 aliphatic heterocycles. The second kappa shape index (κ2) is 17.5. The number of hydrogen-bond acceptors (Lipinski definition) is 9. The van der Waals surface area contributed by atoms with Crippen molar-refractivity contribution in [1.82, 2.24) is 0 Å². The lowest BCUT2D eigenvalue weighted by molar-refractivity contribution is -0.146. The number of hydrogen-bond donors (Lipinski definition) is 1. The fraction of sp³-hybridized carbons (Fsp3) is 0.400. The Morgan fingerprint density at radius 2 is 1.27 bits per heavy atom. The van der Waals surface area contributed by atoms with Crippen LogP contribution in [0.3, 0.4) is 0 Å². The lowest BCUT2D eigenvalue weighted by Crippen LogP contribution is -2.16. The average Bonchev–Trinajstić information content (AvgIpc) is 3.05. The second-order valence-corrected chi connectivity index (χ2v) is 12.5. The summed E-state index contributed by atoms with van der Waals surface area (Å²) in [5, 5.41) is 0.566. The van der Waals surface area contributed by atoms with Crippen molar-refractivity contribution in [3.63, 3.8) is 0 Å². The van der Waals surface area contributed by atoms with Gasteiger partial charge in [0.15, 0.2) is 13.2 Å². The van der Waals surface area contributed by atoms with Crippen LogP contribution in [-0.2, 0) is 44.7 Å². The summed E-state index contributed by atoms with van der Waals surface area (Å²) in [6.07, 6.45) is 9.33. The van der Waals surface area contributed by atoms with Crippen molar-refractivity contribution in [2.75, 3.05) is 26.4 Å². The summed E-state index contributed by atoms with van der Waals surface area (Å²) in [6.45, 7) is 4.20. The van der Waals surface area contributed by atoms with Crippen molar-refractivity contribution < 1.29 is 33.3 Å². The molecule has 2 aliphatic rings. The molecule has 10 heteroatoms. The summed E-state index contributed by atoms with van der Waals surface area (Å²) in [4.78, 5) is 36.8. The molecule has 2 aliphatic carbocycles. The Morgan fingerprint density at radius 3 is 1.82 bits per heavy atom. The fourth-order valence-electron chi connectivity index (χ4n) is 5.45. The number of fused-ring (bicyclic) bond motifs is 2. The van der Waals surface area contributed by atoms with E-state index in [2.05, 4.69) is 12.6 Å². The summed E-state index contributed by atoms with van der Waals surface area (Å²) < 4.78 is 21.1. The van der Waals surface area contributed by atoms with Gasteiger partial charge >= 0.3 is 11.9 Å². The van der Waals surface area contributed by atoms with Gasteiger partial charge in [0.1, 0.15) is 17.8 Å². The number of benzene rings is 3. The fourth-order valence-corrected chi connectivity index (χ4v) is 7.09. The van der Waals surface area contributed by atoms with Gasteiger partial charge in [0.25, 0.3) is 0 Å². The lowest BCUT2D eigenvalue weighted by atomic mass is 9.91. The SMILES string of the molecule is CCOC(=O)COc1ccc(S)c2c1CCCC2.CCOC(=O)COc1ccc(Sc2ccc(C=O)cc2Cl)c2c1CCCC2. The van der Waals surface area contributed by atoms with Crippen molar-refractivity contribution in [2.45, 2.75) is 79.9 Å². The van der Waals surface area contributed by atoms with E-state index < -0.39 is 0 Å². The molecule has 0 fully saturated rings. The highest BCUT2D eigenvalue weighted by atomic mass is 35.5. The van der Waals surface area contributed by atoms with Crippen LogP contribution in [0.5, 0.6) is 11.5 Å². The van der Waals surface area contributed by atoms with E-state index in [-0.39, 0.29) is 25.2 Å². The molecule has 3 aromatic rings. The molecule has 45 heavy (non-hydrogen) atoms. The van der Waals surface area contributed by atoms with E-state index in [1.54, 1.807) is 37.7 Å². The van der Waals surface area contributed by atoms with E-state index in [0.29, 0.717) is 23.8 Å². The molecule has 0 heterocycles.